The normalized spacial score (nSPS) is 11.1. The zero-order valence-corrected chi connectivity index (χ0v) is 20.4. The highest BCUT2D eigenvalue weighted by Gasteiger charge is 2.17. The molecule has 0 saturated heterocycles. The van der Waals surface area contributed by atoms with Gasteiger partial charge in [0.25, 0.3) is 5.56 Å². The number of hydrogen-bond donors (Lipinski definition) is 0. The van der Waals surface area contributed by atoms with Crippen LogP contribution in [0.3, 0.4) is 0 Å². The van der Waals surface area contributed by atoms with Gasteiger partial charge in [0.05, 0.1) is 35.3 Å². The van der Waals surface area contributed by atoms with Crippen LogP contribution in [-0.4, -0.2) is 21.1 Å². The number of ether oxygens (including phenoxy) is 1. The van der Waals surface area contributed by atoms with E-state index in [0.717, 1.165) is 28.3 Å². The molecule has 176 valence electrons. The summed E-state index contributed by atoms with van der Waals surface area (Å²) in [5.74, 6) is 2.52. The van der Waals surface area contributed by atoms with Gasteiger partial charge in [-0.3, -0.25) is 9.36 Å². The van der Waals surface area contributed by atoms with Crippen LogP contribution in [0, 0.1) is 6.92 Å². The van der Waals surface area contributed by atoms with Crippen molar-refractivity contribution in [2.24, 2.45) is 0 Å². The number of para-hydroxylation sites is 2. The monoisotopic (exact) mass is 483 g/mol. The van der Waals surface area contributed by atoms with Gasteiger partial charge in [0.2, 0.25) is 5.89 Å². The molecule has 2 heterocycles. The molecule has 0 aliphatic carbocycles. The first-order valence-corrected chi connectivity index (χ1v) is 12.5. The molecule has 0 unspecified atom stereocenters. The number of aromatic nitrogens is 3. The highest BCUT2D eigenvalue weighted by molar-refractivity contribution is 7.98. The Kier molecular flexibility index (Phi) is 6.68. The van der Waals surface area contributed by atoms with Crippen LogP contribution in [0.25, 0.3) is 22.4 Å². The zero-order chi connectivity index (χ0) is 24.2. The lowest BCUT2D eigenvalue weighted by atomic mass is 10.2. The van der Waals surface area contributed by atoms with E-state index in [1.807, 2.05) is 92.7 Å². The van der Waals surface area contributed by atoms with E-state index in [4.69, 9.17) is 19.1 Å². The predicted octanol–water partition coefficient (Wildman–Crippen LogP) is 6.10. The summed E-state index contributed by atoms with van der Waals surface area (Å²) in [5.41, 5.74) is 3.31. The molecule has 0 radical (unpaired) electrons. The fourth-order valence-electron chi connectivity index (χ4n) is 3.90. The molecule has 0 N–H and O–H groups in total. The molecule has 0 saturated carbocycles. The molecule has 0 spiro atoms. The summed E-state index contributed by atoms with van der Waals surface area (Å²) in [5, 5.41) is 1.26. The van der Waals surface area contributed by atoms with Crippen molar-refractivity contribution >= 4 is 22.7 Å². The second kappa shape index (κ2) is 10.2. The van der Waals surface area contributed by atoms with Gasteiger partial charge in [-0.15, -0.1) is 0 Å². The van der Waals surface area contributed by atoms with E-state index in [0.29, 0.717) is 40.9 Å². The average molecular weight is 484 g/mol. The molecule has 5 aromatic rings. The molecule has 0 aliphatic rings. The van der Waals surface area contributed by atoms with Crippen molar-refractivity contribution in [1.82, 2.24) is 14.5 Å². The Balaban J connectivity index is 1.48. The molecule has 0 aliphatic heterocycles. The molecule has 5 rings (SSSR count). The Morgan fingerprint density at radius 1 is 0.943 bits per heavy atom. The summed E-state index contributed by atoms with van der Waals surface area (Å²) in [6.45, 7) is 4.86. The minimum absolute atomic E-state index is 0.0508. The number of thioether (sulfide) groups is 1. The smallest absolute Gasteiger partial charge is 0.262 e. The van der Waals surface area contributed by atoms with Crippen LogP contribution in [0.4, 0.5) is 0 Å². The first-order chi connectivity index (χ1) is 17.1. The topological polar surface area (TPSA) is 70.2 Å². The lowest BCUT2D eigenvalue weighted by Crippen LogP contribution is -2.24. The van der Waals surface area contributed by atoms with Gasteiger partial charge in [0, 0.05) is 5.75 Å². The number of rotatable bonds is 8. The van der Waals surface area contributed by atoms with Crippen molar-refractivity contribution in [2.75, 3.05) is 6.61 Å². The van der Waals surface area contributed by atoms with Crippen molar-refractivity contribution in [3.8, 4) is 17.2 Å². The molecule has 0 atom stereocenters. The Labute approximate surface area is 207 Å². The maximum atomic E-state index is 13.4. The van der Waals surface area contributed by atoms with E-state index < -0.39 is 0 Å². The van der Waals surface area contributed by atoms with Crippen LogP contribution in [0.2, 0.25) is 0 Å². The highest BCUT2D eigenvalue weighted by Crippen LogP contribution is 2.32. The lowest BCUT2D eigenvalue weighted by molar-refractivity contribution is 0.340. The maximum absolute atomic E-state index is 13.4. The third-order valence-electron chi connectivity index (χ3n) is 5.66. The second-order valence-electron chi connectivity index (χ2n) is 8.03. The number of fused-ring (bicyclic) bond motifs is 1. The van der Waals surface area contributed by atoms with Crippen LogP contribution in [0.15, 0.2) is 93.2 Å². The summed E-state index contributed by atoms with van der Waals surface area (Å²) in [4.78, 5) is 23.0. The average Bonchev–Trinajstić information content (AvgIpc) is 3.26. The number of hydrogen-bond acceptors (Lipinski definition) is 6. The molecular formula is C28H25N3O3S. The third-order valence-corrected chi connectivity index (χ3v) is 6.65. The van der Waals surface area contributed by atoms with E-state index in [2.05, 4.69) is 0 Å². The third kappa shape index (κ3) is 4.86. The Hall–Kier alpha value is -3.84. The van der Waals surface area contributed by atoms with E-state index in [1.165, 1.54) is 11.8 Å². The van der Waals surface area contributed by atoms with Crippen molar-refractivity contribution in [2.45, 2.75) is 31.3 Å². The summed E-state index contributed by atoms with van der Waals surface area (Å²) in [6, 6.07) is 25.1. The van der Waals surface area contributed by atoms with Gasteiger partial charge in [-0.2, -0.15) is 0 Å². The summed E-state index contributed by atoms with van der Waals surface area (Å²) in [6.07, 6.45) is 0. The summed E-state index contributed by atoms with van der Waals surface area (Å²) < 4.78 is 13.5. The van der Waals surface area contributed by atoms with Crippen molar-refractivity contribution in [3.05, 3.63) is 106 Å². The first kappa shape index (κ1) is 22.9. The largest absolute Gasteiger partial charge is 0.493 e. The Bertz CT molecular complexity index is 1530. The van der Waals surface area contributed by atoms with Crippen LogP contribution < -0.4 is 10.3 Å². The fourth-order valence-corrected chi connectivity index (χ4v) is 4.90. The summed E-state index contributed by atoms with van der Waals surface area (Å²) >= 11 is 1.48. The molecule has 0 bridgehead atoms. The predicted molar refractivity (Wildman–Crippen MR) is 139 cm³/mol. The molecule has 2 aromatic heterocycles. The van der Waals surface area contributed by atoms with Gasteiger partial charge < -0.3 is 9.15 Å². The van der Waals surface area contributed by atoms with Crippen molar-refractivity contribution in [3.63, 3.8) is 0 Å². The number of nitrogens with zero attached hydrogens (tertiary/aromatic N) is 3. The van der Waals surface area contributed by atoms with Gasteiger partial charge >= 0.3 is 0 Å². The highest BCUT2D eigenvalue weighted by atomic mass is 32.2. The van der Waals surface area contributed by atoms with Gasteiger partial charge in [0.15, 0.2) is 5.16 Å². The maximum Gasteiger partial charge on any atom is 0.262 e. The molecular weight excluding hydrogens is 458 g/mol. The number of oxazole rings is 1. The van der Waals surface area contributed by atoms with E-state index >= 15 is 0 Å². The fraction of sp³-hybridized carbons (Fsp3) is 0.179. The van der Waals surface area contributed by atoms with E-state index in [1.54, 1.807) is 4.57 Å². The summed E-state index contributed by atoms with van der Waals surface area (Å²) in [7, 11) is 0. The molecule has 3 aromatic carbocycles. The molecule has 6 nitrogen and oxygen atoms in total. The van der Waals surface area contributed by atoms with Crippen LogP contribution in [0.1, 0.15) is 23.9 Å². The minimum Gasteiger partial charge on any atom is -0.493 e. The standard InChI is InChI=1S/C28H25N3O3S/c1-3-33-25-16-10-8-14-22(25)26-29-24(19(2)34-26)18-35-28-30-23-15-9-7-13-21(23)27(32)31(28)17-20-11-5-4-6-12-20/h4-16H,3,17-18H2,1-2H3. The van der Waals surface area contributed by atoms with Crippen molar-refractivity contribution < 1.29 is 9.15 Å². The zero-order valence-electron chi connectivity index (χ0n) is 19.6. The Morgan fingerprint density at radius 2 is 1.69 bits per heavy atom. The number of aryl methyl sites for hydroxylation is 1. The van der Waals surface area contributed by atoms with Crippen LogP contribution >= 0.6 is 11.8 Å². The molecule has 7 heteroatoms. The Morgan fingerprint density at radius 3 is 2.51 bits per heavy atom. The molecule has 0 fully saturated rings. The van der Waals surface area contributed by atoms with Gasteiger partial charge in [-0.1, -0.05) is 66.4 Å². The van der Waals surface area contributed by atoms with Gasteiger partial charge in [0.1, 0.15) is 11.5 Å². The van der Waals surface area contributed by atoms with Gasteiger partial charge in [-0.05, 0) is 43.7 Å². The van der Waals surface area contributed by atoms with Gasteiger partial charge in [-0.25, -0.2) is 9.97 Å². The number of benzene rings is 3. The SMILES string of the molecule is CCOc1ccccc1-c1nc(CSc2nc3ccccc3c(=O)n2Cc2ccccc2)c(C)o1. The first-order valence-electron chi connectivity index (χ1n) is 11.5. The quantitative estimate of drug-likeness (QED) is 0.196. The lowest BCUT2D eigenvalue weighted by Gasteiger charge is -2.13. The van der Waals surface area contributed by atoms with Crippen LogP contribution in [-0.2, 0) is 12.3 Å². The second-order valence-corrected chi connectivity index (χ2v) is 8.97. The molecule has 35 heavy (non-hydrogen) atoms. The van der Waals surface area contributed by atoms with E-state index in [-0.39, 0.29) is 5.56 Å². The van der Waals surface area contributed by atoms with Crippen LogP contribution in [0.5, 0.6) is 5.75 Å². The van der Waals surface area contributed by atoms with E-state index in [9.17, 15) is 4.79 Å². The molecule has 0 amide bonds. The van der Waals surface area contributed by atoms with Crippen molar-refractivity contribution in [1.29, 1.82) is 0 Å². The minimum atomic E-state index is -0.0508.